The standard InChI is InChI=1S/C17H23NO3/c19-15(13-6-2-1-3-7-13)12-17(20)18-10-11-21-16-9-5-4-8-14(16)18/h1-3,6-7,14-16,19H,4-5,8-12H2. The van der Waals surface area contributed by atoms with E-state index < -0.39 is 6.10 Å². The minimum absolute atomic E-state index is 0.0477. The monoisotopic (exact) mass is 289 g/mol. The summed E-state index contributed by atoms with van der Waals surface area (Å²) in [4.78, 5) is 14.5. The Morgan fingerprint density at radius 2 is 2.05 bits per heavy atom. The van der Waals surface area contributed by atoms with Crippen LogP contribution in [0.2, 0.25) is 0 Å². The van der Waals surface area contributed by atoms with E-state index in [1.165, 1.54) is 6.42 Å². The summed E-state index contributed by atoms with van der Waals surface area (Å²) >= 11 is 0. The molecule has 3 unspecified atom stereocenters. The quantitative estimate of drug-likeness (QED) is 0.928. The van der Waals surface area contributed by atoms with Gasteiger partial charge < -0.3 is 14.7 Å². The Kier molecular flexibility index (Phi) is 4.56. The van der Waals surface area contributed by atoms with Crippen molar-refractivity contribution < 1.29 is 14.6 Å². The molecule has 3 rings (SSSR count). The number of ether oxygens (including phenoxy) is 1. The van der Waals surface area contributed by atoms with Crippen molar-refractivity contribution >= 4 is 5.91 Å². The van der Waals surface area contributed by atoms with E-state index in [1.807, 2.05) is 35.2 Å². The lowest BCUT2D eigenvalue weighted by atomic mass is 9.89. The number of aliphatic hydroxyl groups is 1. The van der Waals surface area contributed by atoms with Gasteiger partial charge in [-0.1, -0.05) is 43.2 Å². The Bertz CT molecular complexity index is 474. The first kappa shape index (κ1) is 14.5. The molecule has 4 heteroatoms. The molecule has 0 spiro atoms. The number of hydrogen-bond donors (Lipinski definition) is 1. The van der Waals surface area contributed by atoms with E-state index in [1.54, 1.807) is 0 Å². The zero-order valence-corrected chi connectivity index (χ0v) is 12.3. The molecule has 1 heterocycles. The van der Waals surface area contributed by atoms with Gasteiger partial charge in [-0.15, -0.1) is 0 Å². The summed E-state index contributed by atoms with van der Waals surface area (Å²) in [6, 6.07) is 9.61. The van der Waals surface area contributed by atoms with Crippen molar-refractivity contribution in [2.75, 3.05) is 13.2 Å². The molecular formula is C17H23NO3. The molecule has 1 amide bonds. The van der Waals surface area contributed by atoms with E-state index in [0.29, 0.717) is 13.2 Å². The average molecular weight is 289 g/mol. The van der Waals surface area contributed by atoms with Gasteiger partial charge in [0.1, 0.15) is 0 Å². The molecule has 4 nitrogen and oxygen atoms in total. The van der Waals surface area contributed by atoms with E-state index in [4.69, 9.17) is 4.74 Å². The zero-order valence-electron chi connectivity index (χ0n) is 12.3. The number of carbonyl (C=O) groups excluding carboxylic acids is 1. The van der Waals surface area contributed by atoms with Crippen molar-refractivity contribution in [3.8, 4) is 0 Å². The molecule has 1 aromatic rings. The number of carbonyl (C=O) groups is 1. The Balaban J connectivity index is 1.64. The number of benzene rings is 1. The van der Waals surface area contributed by atoms with Crippen LogP contribution >= 0.6 is 0 Å². The van der Waals surface area contributed by atoms with Crippen molar-refractivity contribution in [1.82, 2.24) is 4.90 Å². The minimum Gasteiger partial charge on any atom is -0.388 e. The van der Waals surface area contributed by atoms with Crippen LogP contribution < -0.4 is 0 Å². The van der Waals surface area contributed by atoms with E-state index in [-0.39, 0.29) is 24.5 Å². The second-order valence-electron chi connectivity index (χ2n) is 5.98. The molecule has 21 heavy (non-hydrogen) atoms. The van der Waals surface area contributed by atoms with Gasteiger partial charge in [0.25, 0.3) is 0 Å². The summed E-state index contributed by atoms with van der Waals surface area (Å²) in [7, 11) is 0. The highest BCUT2D eigenvalue weighted by Crippen LogP contribution is 2.29. The molecule has 2 aliphatic rings. The highest BCUT2D eigenvalue weighted by atomic mass is 16.5. The van der Waals surface area contributed by atoms with Gasteiger partial charge >= 0.3 is 0 Å². The molecule has 114 valence electrons. The van der Waals surface area contributed by atoms with E-state index >= 15 is 0 Å². The molecule has 0 aromatic heterocycles. The first-order chi connectivity index (χ1) is 10.3. The van der Waals surface area contributed by atoms with Gasteiger partial charge in [-0.25, -0.2) is 0 Å². The third-order valence-electron chi connectivity index (χ3n) is 4.60. The first-order valence-corrected chi connectivity index (χ1v) is 7.90. The van der Waals surface area contributed by atoms with Gasteiger partial charge in [-0.2, -0.15) is 0 Å². The predicted octanol–water partition coefficient (Wildman–Crippen LogP) is 2.28. The maximum atomic E-state index is 12.5. The van der Waals surface area contributed by atoms with Crippen molar-refractivity contribution in [2.45, 2.75) is 50.4 Å². The summed E-state index contributed by atoms with van der Waals surface area (Å²) in [5.74, 6) is 0.0477. The molecule has 1 aliphatic carbocycles. The van der Waals surface area contributed by atoms with Crippen LogP contribution in [0, 0.1) is 0 Å². The fraction of sp³-hybridized carbons (Fsp3) is 0.588. The normalized spacial score (nSPS) is 27.0. The number of fused-ring (bicyclic) bond motifs is 1. The van der Waals surface area contributed by atoms with Crippen LogP contribution in [-0.4, -0.2) is 41.2 Å². The summed E-state index contributed by atoms with van der Waals surface area (Å²) in [6.07, 6.45) is 4.07. The van der Waals surface area contributed by atoms with Crippen molar-refractivity contribution in [3.63, 3.8) is 0 Å². The first-order valence-electron chi connectivity index (χ1n) is 7.90. The molecule has 0 bridgehead atoms. The Morgan fingerprint density at radius 1 is 1.29 bits per heavy atom. The lowest BCUT2D eigenvalue weighted by Gasteiger charge is -2.44. The van der Waals surface area contributed by atoms with Crippen LogP contribution in [0.15, 0.2) is 30.3 Å². The lowest BCUT2D eigenvalue weighted by molar-refractivity contribution is -0.151. The highest BCUT2D eigenvalue weighted by Gasteiger charge is 2.36. The largest absolute Gasteiger partial charge is 0.388 e. The van der Waals surface area contributed by atoms with Gasteiger partial charge in [0, 0.05) is 6.54 Å². The number of rotatable bonds is 3. The van der Waals surface area contributed by atoms with Crippen LogP contribution in [0.1, 0.15) is 43.8 Å². The number of morpholine rings is 1. The van der Waals surface area contributed by atoms with E-state index in [2.05, 4.69) is 0 Å². The summed E-state index contributed by atoms with van der Waals surface area (Å²) in [5.41, 5.74) is 0.805. The molecule has 1 N–H and O–H groups in total. The molecule has 3 atom stereocenters. The SMILES string of the molecule is O=C(CC(O)c1ccccc1)N1CCOC2CCCCC21. The summed E-state index contributed by atoms with van der Waals surface area (Å²) in [6.45, 7) is 1.27. The molecule has 2 fully saturated rings. The summed E-state index contributed by atoms with van der Waals surface area (Å²) < 4.78 is 5.80. The van der Waals surface area contributed by atoms with Gasteiger partial charge in [-0.3, -0.25) is 4.79 Å². The maximum absolute atomic E-state index is 12.5. The third kappa shape index (κ3) is 3.27. The molecule has 1 saturated heterocycles. The predicted molar refractivity (Wildman–Crippen MR) is 79.7 cm³/mol. The number of hydrogen-bond acceptors (Lipinski definition) is 3. The molecule has 0 radical (unpaired) electrons. The van der Waals surface area contributed by atoms with Crippen molar-refractivity contribution in [3.05, 3.63) is 35.9 Å². The third-order valence-corrected chi connectivity index (χ3v) is 4.60. The van der Waals surface area contributed by atoms with Crippen molar-refractivity contribution in [2.24, 2.45) is 0 Å². The van der Waals surface area contributed by atoms with E-state index in [9.17, 15) is 9.90 Å². The van der Waals surface area contributed by atoms with Crippen LogP contribution in [0.3, 0.4) is 0 Å². The average Bonchev–Trinajstić information content (AvgIpc) is 2.55. The zero-order chi connectivity index (χ0) is 14.7. The van der Waals surface area contributed by atoms with Gasteiger partial charge in [-0.05, 0) is 18.4 Å². The fourth-order valence-corrected chi connectivity index (χ4v) is 3.48. The van der Waals surface area contributed by atoms with Gasteiger partial charge in [0.2, 0.25) is 5.91 Å². The second-order valence-corrected chi connectivity index (χ2v) is 5.98. The Morgan fingerprint density at radius 3 is 2.86 bits per heavy atom. The molecule has 1 saturated carbocycles. The fourth-order valence-electron chi connectivity index (χ4n) is 3.48. The second kappa shape index (κ2) is 6.58. The Labute approximate surface area is 125 Å². The Hall–Kier alpha value is -1.39. The number of nitrogens with zero attached hydrogens (tertiary/aromatic N) is 1. The molecular weight excluding hydrogens is 266 g/mol. The van der Waals surface area contributed by atoms with Crippen LogP contribution in [-0.2, 0) is 9.53 Å². The minimum atomic E-state index is -0.719. The van der Waals surface area contributed by atoms with Crippen LogP contribution in [0.25, 0.3) is 0 Å². The highest BCUT2D eigenvalue weighted by molar-refractivity contribution is 5.77. The summed E-state index contributed by atoms with van der Waals surface area (Å²) in [5, 5.41) is 10.2. The van der Waals surface area contributed by atoms with E-state index in [0.717, 1.165) is 24.8 Å². The van der Waals surface area contributed by atoms with Crippen LogP contribution in [0.5, 0.6) is 0 Å². The number of aliphatic hydroxyl groups excluding tert-OH is 1. The van der Waals surface area contributed by atoms with Gasteiger partial charge in [0.05, 0.1) is 31.3 Å². The molecule has 1 aliphatic heterocycles. The smallest absolute Gasteiger partial charge is 0.225 e. The maximum Gasteiger partial charge on any atom is 0.225 e. The molecule has 1 aromatic carbocycles. The topological polar surface area (TPSA) is 49.8 Å². The van der Waals surface area contributed by atoms with Crippen molar-refractivity contribution in [1.29, 1.82) is 0 Å². The lowest BCUT2D eigenvalue weighted by Crippen LogP contribution is -2.55. The number of amides is 1. The van der Waals surface area contributed by atoms with Gasteiger partial charge in [0.15, 0.2) is 0 Å². The van der Waals surface area contributed by atoms with Crippen LogP contribution in [0.4, 0.5) is 0 Å².